The Bertz CT molecular complexity index is 1860. The zero-order valence-corrected chi connectivity index (χ0v) is 31.4. The number of methoxy groups -OCH3 is 1. The summed E-state index contributed by atoms with van der Waals surface area (Å²) in [6, 6.07) is 12.2. The Hall–Kier alpha value is -3.51. The van der Waals surface area contributed by atoms with E-state index in [-0.39, 0.29) is 17.1 Å². The molecular weight excluding hydrogens is 675 g/mol. The van der Waals surface area contributed by atoms with E-state index >= 15 is 0 Å². The topological polar surface area (TPSA) is 96.3 Å². The number of ether oxygens (including phenoxy) is 2. The van der Waals surface area contributed by atoms with Crippen LogP contribution in [0.15, 0.2) is 42.0 Å². The van der Waals surface area contributed by atoms with Crippen molar-refractivity contribution < 1.29 is 23.3 Å². The second-order valence-electron chi connectivity index (χ2n) is 15.3. The van der Waals surface area contributed by atoms with Crippen molar-refractivity contribution in [2.45, 2.75) is 75.5 Å². The molecule has 3 aliphatic heterocycles. The summed E-state index contributed by atoms with van der Waals surface area (Å²) in [5.74, 6) is 0.912. The zero-order valence-electron chi connectivity index (χ0n) is 30.6. The van der Waals surface area contributed by atoms with Gasteiger partial charge in [0, 0.05) is 60.3 Å². The van der Waals surface area contributed by atoms with Crippen LogP contribution in [-0.2, 0) is 27.1 Å². The van der Waals surface area contributed by atoms with Crippen LogP contribution in [-0.4, -0.2) is 113 Å². The molecule has 0 bridgehead atoms. The van der Waals surface area contributed by atoms with E-state index in [9.17, 15) is 13.8 Å². The van der Waals surface area contributed by atoms with E-state index in [1.807, 2.05) is 18.2 Å². The minimum atomic E-state index is -1.37. The van der Waals surface area contributed by atoms with Crippen molar-refractivity contribution in [2.24, 2.45) is 0 Å². The lowest BCUT2D eigenvalue weighted by Gasteiger charge is -2.28. The molecule has 278 valence electrons. The van der Waals surface area contributed by atoms with Crippen LogP contribution in [0.5, 0.6) is 5.75 Å². The monoisotopic (exact) mass is 727 g/mol. The lowest BCUT2D eigenvalue weighted by Crippen LogP contribution is -2.39. The summed E-state index contributed by atoms with van der Waals surface area (Å²) >= 11 is 0. The number of rotatable bonds is 10. The highest BCUT2D eigenvalue weighted by Gasteiger charge is 2.33. The second-order valence-corrected chi connectivity index (χ2v) is 16.7. The third-order valence-electron chi connectivity index (χ3n) is 11.8. The van der Waals surface area contributed by atoms with Crippen molar-refractivity contribution >= 4 is 39.8 Å². The predicted octanol–water partition coefficient (Wildman–Crippen LogP) is 5.57. The quantitative estimate of drug-likeness (QED) is 0.292. The Labute approximate surface area is 310 Å². The van der Waals surface area contributed by atoms with Gasteiger partial charge in [-0.3, -0.25) is 19.2 Å². The summed E-state index contributed by atoms with van der Waals surface area (Å²) in [4.78, 5) is 35.1. The first-order chi connectivity index (χ1) is 25.5. The van der Waals surface area contributed by atoms with E-state index in [4.69, 9.17) is 9.47 Å². The Morgan fingerprint density at radius 2 is 1.67 bits per heavy atom. The zero-order chi connectivity index (χ0) is 35.6. The molecule has 0 spiro atoms. The predicted molar refractivity (Wildman–Crippen MR) is 206 cm³/mol. The lowest BCUT2D eigenvalue weighted by molar-refractivity contribution is -0.127. The molecule has 3 aromatic rings. The van der Waals surface area contributed by atoms with Gasteiger partial charge in [0.2, 0.25) is 0 Å². The number of amides is 2. The Kier molecular flexibility index (Phi) is 10.8. The van der Waals surface area contributed by atoms with Crippen molar-refractivity contribution in [3.63, 3.8) is 0 Å². The molecule has 1 unspecified atom stereocenters. The first-order valence-electron chi connectivity index (χ1n) is 19.5. The van der Waals surface area contributed by atoms with Crippen molar-refractivity contribution in [1.82, 2.24) is 24.0 Å². The number of benzene rings is 2. The third-order valence-corrected chi connectivity index (χ3v) is 13.2. The molecule has 2 aromatic carbocycles. The van der Waals surface area contributed by atoms with Crippen molar-refractivity contribution in [1.29, 1.82) is 0 Å². The summed E-state index contributed by atoms with van der Waals surface area (Å²) in [6.07, 6.45) is 11.8. The standard InChI is InChI=1S/C41H53N5O5S/c1-50-33-10-14-35-31(26-33)25-32(41(48)45-18-6-17-43(19-20-45)15-5-16-44-21-23-51-24-22-44)28-46-37-27-30(40(47)42-52(49)34-11-12-34)9-13-36(37)38(39(35)46)29-7-3-2-4-8-29/h9-10,13-14,25-27,29,34H,2-8,11-12,15-24,28H2,1H3,(H,42,47). The Morgan fingerprint density at radius 3 is 2.44 bits per heavy atom. The molecule has 2 saturated heterocycles. The van der Waals surface area contributed by atoms with Crippen LogP contribution in [0.25, 0.3) is 28.2 Å². The molecule has 5 aliphatic rings. The van der Waals surface area contributed by atoms with Gasteiger partial charge < -0.3 is 23.8 Å². The van der Waals surface area contributed by atoms with Crippen LogP contribution in [0.2, 0.25) is 0 Å². The van der Waals surface area contributed by atoms with E-state index in [1.165, 1.54) is 24.8 Å². The van der Waals surface area contributed by atoms with Gasteiger partial charge in [-0.25, -0.2) is 4.21 Å². The van der Waals surface area contributed by atoms with Gasteiger partial charge in [0.1, 0.15) is 16.7 Å². The summed E-state index contributed by atoms with van der Waals surface area (Å²) in [6.45, 7) is 9.54. The Balaban J connectivity index is 1.12. The maximum atomic E-state index is 14.6. The van der Waals surface area contributed by atoms with Gasteiger partial charge in [-0.15, -0.1) is 0 Å². The molecule has 2 aliphatic carbocycles. The summed E-state index contributed by atoms with van der Waals surface area (Å²) in [7, 11) is 0.314. The number of fused-ring (bicyclic) bond motifs is 5. The molecule has 2 saturated carbocycles. The number of aromatic nitrogens is 1. The normalized spacial score (nSPS) is 21.1. The summed E-state index contributed by atoms with van der Waals surface area (Å²) in [5.41, 5.74) is 6.71. The highest BCUT2D eigenvalue weighted by Crippen LogP contribution is 2.47. The van der Waals surface area contributed by atoms with Crippen LogP contribution in [0.4, 0.5) is 0 Å². The van der Waals surface area contributed by atoms with Crippen LogP contribution < -0.4 is 9.46 Å². The number of morpholine rings is 1. The fraction of sp³-hybridized carbons (Fsp3) is 0.561. The molecule has 2 amide bonds. The summed E-state index contributed by atoms with van der Waals surface area (Å²) < 4.78 is 28.9. The number of carbonyl (C=O) groups is 2. The molecule has 11 heteroatoms. The first kappa shape index (κ1) is 35.5. The molecule has 0 radical (unpaired) electrons. The van der Waals surface area contributed by atoms with Crippen molar-refractivity contribution in [2.75, 3.05) is 72.7 Å². The number of carbonyl (C=O) groups excluding carboxylic acids is 2. The fourth-order valence-corrected chi connectivity index (χ4v) is 9.80. The minimum absolute atomic E-state index is 0.0588. The molecule has 52 heavy (non-hydrogen) atoms. The molecule has 1 aromatic heterocycles. The number of hydrogen-bond acceptors (Lipinski definition) is 7. The summed E-state index contributed by atoms with van der Waals surface area (Å²) in [5, 5.41) is 1.20. The third kappa shape index (κ3) is 7.60. The molecule has 10 nitrogen and oxygen atoms in total. The van der Waals surface area contributed by atoms with Gasteiger partial charge in [-0.2, -0.15) is 0 Å². The SMILES string of the molecule is COc1ccc2c(c1)C=C(C(=O)N1CCCN(CCCN3CCOCC3)CC1)Cn1c-2c(C2CCCCC2)c2ccc(C(=O)NS(=O)C3CC3)cc21. The molecule has 1 atom stereocenters. The number of hydrogen-bond donors (Lipinski definition) is 1. The molecule has 1 N–H and O–H groups in total. The Morgan fingerprint density at radius 1 is 0.885 bits per heavy atom. The maximum absolute atomic E-state index is 14.6. The van der Waals surface area contributed by atoms with Crippen LogP contribution in [0, 0.1) is 0 Å². The maximum Gasteiger partial charge on any atom is 0.263 e. The molecule has 4 fully saturated rings. The van der Waals surface area contributed by atoms with Crippen LogP contribution in [0.3, 0.4) is 0 Å². The van der Waals surface area contributed by atoms with Crippen molar-refractivity contribution in [3.8, 4) is 17.0 Å². The van der Waals surface area contributed by atoms with Gasteiger partial charge in [0.15, 0.2) is 0 Å². The smallest absolute Gasteiger partial charge is 0.263 e. The lowest BCUT2D eigenvalue weighted by atomic mass is 9.81. The van der Waals surface area contributed by atoms with Crippen LogP contribution >= 0.6 is 0 Å². The van der Waals surface area contributed by atoms with Gasteiger partial charge >= 0.3 is 0 Å². The average molecular weight is 728 g/mol. The molecule has 4 heterocycles. The largest absolute Gasteiger partial charge is 0.497 e. The first-order valence-corrected chi connectivity index (χ1v) is 20.8. The minimum Gasteiger partial charge on any atom is -0.497 e. The average Bonchev–Trinajstić information content (AvgIpc) is 4.03. The van der Waals surface area contributed by atoms with Crippen LogP contribution in [0.1, 0.15) is 85.2 Å². The highest BCUT2D eigenvalue weighted by molar-refractivity contribution is 7.84. The van der Waals surface area contributed by atoms with E-state index in [2.05, 4.69) is 48.3 Å². The van der Waals surface area contributed by atoms with Gasteiger partial charge in [-0.1, -0.05) is 25.3 Å². The van der Waals surface area contributed by atoms with E-state index in [1.54, 1.807) is 7.11 Å². The van der Waals surface area contributed by atoms with E-state index < -0.39 is 11.0 Å². The molecular formula is C41H53N5O5S. The van der Waals surface area contributed by atoms with Crippen molar-refractivity contribution in [3.05, 3.63) is 58.7 Å². The second kappa shape index (κ2) is 15.8. The van der Waals surface area contributed by atoms with E-state index in [0.29, 0.717) is 24.6 Å². The van der Waals surface area contributed by atoms with Gasteiger partial charge in [0.25, 0.3) is 11.8 Å². The van der Waals surface area contributed by atoms with Gasteiger partial charge in [0.05, 0.1) is 37.8 Å². The number of nitrogens with zero attached hydrogens (tertiary/aromatic N) is 4. The van der Waals surface area contributed by atoms with E-state index in [0.717, 1.165) is 137 Å². The molecule has 8 rings (SSSR count). The van der Waals surface area contributed by atoms with Gasteiger partial charge in [-0.05, 0) is 112 Å². The number of nitrogens with one attached hydrogen (secondary N) is 1. The fourth-order valence-electron chi connectivity index (χ4n) is 8.77. The highest BCUT2D eigenvalue weighted by atomic mass is 32.2.